The fourth-order valence-electron chi connectivity index (χ4n) is 3.74. The second-order valence-electron chi connectivity index (χ2n) is 7.81. The Balaban J connectivity index is 2.17. The van der Waals surface area contributed by atoms with Crippen LogP contribution in [0.2, 0.25) is 0 Å². The maximum absolute atomic E-state index is 13.0. The maximum atomic E-state index is 13.0. The topological polar surface area (TPSA) is 83.9 Å². The van der Waals surface area contributed by atoms with E-state index in [0.29, 0.717) is 23.4 Å². The second-order valence-corrected chi connectivity index (χ2v) is 7.81. The van der Waals surface area contributed by atoms with Crippen molar-refractivity contribution < 1.29 is 24.2 Å². The highest BCUT2D eigenvalue weighted by atomic mass is 16.5. The monoisotopic (exact) mass is 421 g/mol. The predicted molar refractivity (Wildman–Crippen MR) is 118 cm³/mol. The number of hydrogen-bond acceptors (Lipinski definition) is 5. The number of unbranched alkanes of at least 4 members (excludes halogenated alkanes) is 1. The van der Waals surface area contributed by atoms with Gasteiger partial charge in [-0.3, -0.25) is 14.4 Å². The van der Waals surface area contributed by atoms with Crippen molar-refractivity contribution in [2.75, 3.05) is 6.54 Å². The number of Topliss-reactive ketones (excluding diaryl/α,β-unsaturated/α-hetero) is 1. The fraction of sp³-hybridized carbons (Fsp3) is 0.320. The molecule has 0 spiro atoms. The zero-order chi connectivity index (χ0) is 22.7. The summed E-state index contributed by atoms with van der Waals surface area (Å²) in [5.74, 6) is -1.70. The highest BCUT2D eigenvalue weighted by Crippen LogP contribution is 2.40. The lowest BCUT2D eigenvalue weighted by Gasteiger charge is -2.25. The minimum atomic E-state index is -0.760. The molecular weight excluding hydrogens is 394 g/mol. The van der Waals surface area contributed by atoms with Crippen LogP contribution in [0.15, 0.2) is 48.0 Å². The van der Waals surface area contributed by atoms with Gasteiger partial charge in [0, 0.05) is 19.0 Å². The van der Waals surface area contributed by atoms with Gasteiger partial charge in [0.2, 0.25) is 0 Å². The number of carbonyl (C=O) groups excluding carboxylic acids is 3. The number of carbonyl (C=O) groups is 3. The van der Waals surface area contributed by atoms with Crippen molar-refractivity contribution >= 4 is 23.4 Å². The Bertz CT molecular complexity index is 1070. The smallest absolute Gasteiger partial charge is 0.308 e. The lowest BCUT2D eigenvalue weighted by Crippen LogP contribution is -2.30. The number of aryl methyl sites for hydroxylation is 2. The van der Waals surface area contributed by atoms with E-state index in [1.807, 2.05) is 26.8 Å². The van der Waals surface area contributed by atoms with Crippen molar-refractivity contribution in [1.82, 2.24) is 4.90 Å². The molecule has 6 nitrogen and oxygen atoms in total. The van der Waals surface area contributed by atoms with E-state index < -0.39 is 23.7 Å². The second kappa shape index (κ2) is 9.16. The molecule has 0 aliphatic carbocycles. The first-order valence-electron chi connectivity index (χ1n) is 10.4. The van der Waals surface area contributed by atoms with Crippen molar-refractivity contribution in [2.45, 2.75) is 46.6 Å². The van der Waals surface area contributed by atoms with Crippen LogP contribution in [-0.4, -0.2) is 34.2 Å². The third-order valence-corrected chi connectivity index (χ3v) is 5.51. The lowest BCUT2D eigenvalue weighted by atomic mass is 9.94. The Labute approximate surface area is 182 Å². The number of hydrogen-bond donors (Lipinski definition) is 1. The quantitative estimate of drug-likeness (QED) is 0.245. The van der Waals surface area contributed by atoms with Gasteiger partial charge in [0.1, 0.15) is 11.5 Å². The number of amides is 1. The number of rotatable bonds is 6. The minimum Gasteiger partial charge on any atom is -0.507 e. The number of aliphatic hydroxyl groups excluding tert-OH is 1. The number of benzene rings is 2. The van der Waals surface area contributed by atoms with E-state index in [1.54, 1.807) is 36.4 Å². The first-order valence-corrected chi connectivity index (χ1v) is 10.4. The van der Waals surface area contributed by atoms with Crippen molar-refractivity contribution in [3.63, 3.8) is 0 Å². The summed E-state index contributed by atoms with van der Waals surface area (Å²) in [4.78, 5) is 38.7. The van der Waals surface area contributed by atoms with Crippen LogP contribution < -0.4 is 4.74 Å². The van der Waals surface area contributed by atoms with Gasteiger partial charge < -0.3 is 14.7 Å². The molecule has 2 aromatic rings. The molecule has 1 aliphatic rings. The highest BCUT2D eigenvalue weighted by Gasteiger charge is 2.45. The summed E-state index contributed by atoms with van der Waals surface area (Å²) in [6.07, 6.45) is 1.57. The highest BCUT2D eigenvalue weighted by molar-refractivity contribution is 6.46. The van der Waals surface area contributed by atoms with Gasteiger partial charge in [-0.1, -0.05) is 37.6 Å². The predicted octanol–water partition coefficient (Wildman–Crippen LogP) is 4.45. The van der Waals surface area contributed by atoms with Crippen molar-refractivity contribution in [2.24, 2.45) is 0 Å². The number of esters is 1. The molecule has 0 bridgehead atoms. The molecule has 0 aromatic heterocycles. The summed E-state index contributed by atoms with van der Waals surface area (Å²) in [5, 5.41) is 11.1. The van der Waals surface area contributed by atoms with Gasteiger partial charge in [0.25, 0.3) is 11.7 Å². The van der Waals surface area contributed by atoms with Crippen LogP contribution in [0.5, 0.6) is 5.75 Å². The zero-order valence-corrected chi connectivity index (χ0v) is 18.3. The van der Waals surface area contributed by atoms with Crippen LogP contribution in [0, 0.1) is 13.8 Å². The molecule has 1 aliphatic heterocycles. The van der Waals surface area contributed by atoms with Gasteiger partial charge in [0.15, 0.2) is 0 Å². The average Bonchev–Trinajstić information content (AvgIpc) is 2.98. The van der Waals surface area contributed by atoms with Crippen LogP contribution in [0.1, 0.15) is 55.0 Å². The van der Waals surface area contributed by atoms with E-state index >= 15 is 0 Å². The Morgan fingerprint density at radius 2 is 1.84 bits per heavy atom. The van der Waals surface area contributed by atoms with Crippen LogP contribution in [0.25, 0.3) is 5.76 Å². The fourth-order valence-corrected chi connectivity index (χ4v) is 3.74. The Morgan fingerprint density at radius 1 is 1.10 bits per heavy atom. The first kappa shape index (κ1) is 22.3. The molecule has 1 atom stereocenters. The molecule has 1 unspecified atom stereocenters. The zero-order valence-electron chi connectivity index (χ0n) is 18.3. The van der Waals surface area contributed by atoms with E-state index in [4.69, 9.17) is 4.74 Å². The van der Waals surface area contributed by atoms with Crippen molar-refractivity contribution in [1.29, 1.82) is 0 Å². The van der Waals surface area contributed by atoms with Gasteiger partial charge in [-0.25, -0.2) is 0 Å². The third-order valence-electron chi connectivity index (χ3n) is 5.51. The molecule has 1 amide bonds. The van der Waals surface area contributed by atoms with Gasteiger partial charge >= 0.3 is 5.97 Å². The van der Waals surface area contributed by atoms with E-state index in [-0.39, 0.29) is 11.3 Å². The standard InChI is InChI=1S/C25H27NO5/c1-5-6-12-26-22(18-8-7-9-20(14-18)31-17(4)27)21(24(29)25(26)30)23(28)19-11-10-15(2)16(3)13-19/h7-11,13-14,22,28H,5-6,12H2,1-4H3/b23-21-. The van der Waals surface area contributed by atoms with E-state index in [0.717, 1.165) is 24.0 Å². The lowest BCUT2D eigenvalue weighted by molar-refractivity contribution is -0.139. The largest absolute Gasteiger partial charge is 0.507 e. The molecule has 0 saturated carbocycles. The number of likely N-dealkylation sites (tertiary alicyclic amines) is 1. The normalized spacial score (nSPS) is 17.8. The molecule has 1 saturated heterocycles. The number of aliphatic hydroxyl groups is 1. The van der Waals surface area contributed by atoms with Crippen LogP contribution in [0.3, 0.4) is 0 Å². The van der Waals surface area contributed by atoms with Crippen LogP contribution in [-0.2, 0) is 14.4 Å². The molecule has 2 aromatic carbocycles. The SMILES string of the molecule is CCCCN1C(=O)C(=O)/C(=C(\O)c2ccc(C)c(C)c2)C1c1cccc(OC(C)=O)c1. The van der Waals surface area contributed by atoms with Crippen molar-refractivity contribution in [3.05, 3.63) is 70.3 Å². The van der Waals surface area contributed by atoms with E-state index in [1.165, 1.54) is 11.8 Å². The molecule has 0 radical (unpaired) electrons. The number of nitrogens with zero attached hydrogens (tertiary/aromatic N) is 1. The van der Waals surface area contributed by atoms with Crippen LogP contribution in [0.4, 0.5) is 0 Å². The summed E-state index contributed by atoms with van der Waals surface area (Å²) < 4.78 is 5.19. The van der Waals surface area contributed by atoms with Crippen molar-refractivity contribution in [3.8, 4) is 5.75 Å². The van der Waals surface area contributed by atoms with Gasteiger partial charge in [-0.05, 0) is 55.2 Å². The number of ether oxygens (including phenoxy) is 1. The van der Waals surface area contributed by atoms with Gasteiger partial charge in [-0.15, -0.1) is 0 Å². The Kier molecular flexibility index (Phi) is 6.59. The molecule has 1 fully saturated rings. The summed E-state index contributed by atoms with van der Waals surface area (Å²) in [6.45, 7) is 7.57. The molecule has 6 heteroatoms. The summed E-state index contributed by atoms with van der Waals surface area (Å²) >= 11 is 0. The number of ketones is 1. The minimum absolute atomic E-state index is 0.0457. The molecule has 1 N–H and O–H groups in total. The molecule has 162 valence electrons. The molecule has 3 rings (SSSR count). The van der Waals surface area contributed by atoms with E-state index in [9.17, 15) is 19.5 Å². The average molecular weight is 421 g/mol. The molecular formula is C25H27NO5. The summed E-state index contributed by atoms with van der Waals surface area (Å²) in [6, 6.07) is 11.4. The Morgan fingerprint density at radius 3 is 2.48 bits per heavy atom. The van der Waals surface area contributed by atoms with Crippen LogP contribution >= 0.6 is 0 Å². The van der Waals surface area contributed by atoms with Gasteiger partial charge in [0.05, 0.1) is 11.6 Å². The molecule has 31 heavy (non-hydrogen) atoms. The van der Waals surface area contributed by atoms with E-state index in [2.05, 4.69) is 0 Å². The summed E-state index contributed by atoms with van der Waals surface area (Å²) in [5.41, 5.74) is 3.16. The maximum Gasteiger partial charge on any atom is 0.308 e. The summed E-state index contributed by atoms with van der Waals surface area (Å²) in [7, 11) is 0. The third kappa shape index (κ3) is 4.53. The molecule has 1 heterocycles. The Hall–Kier alpha value is -3.41. The first-order chi connectivity index (χ1) is 14.7. The van der Waals surface area contributed by atoms with Gasteiger partial charge in [-0.2, -0.15) is 0 Å².